The van der Waals surface area contributed by atoms with Gasteiger partial charge in [-0.25, -0.2) is 0 Å². The highest BCUT2D eigenvalue weighted by Crippen LogP contribution is 2.28. The highest BCUT2D eigenvalue weighted by molar-refractivity contribution is 5.90. The molecule has 2 fully saturated rings. The first-order chi connectivity index (χ1) is 7.81. The quantitative estimate of drug-likeness (QED) is 0.697. The highest BCUT2D eigenvalue weighted by Gasteiger charge is 2.41. The van der Waals surface area contributed by atoms with Crippen molar-refractivity contribution in [1.82, 2.24) is 0 Å². The highest BCUT2D eigenvalue weighted by atomic mass is 16.5. The van der Waals surface area contributed by atoms with Gasteiger partial charge in [-0.3, -0.25) is 4.79 Å². The molecule has 0 heterocycles. The van der Waals surface area contributed by atoms with Crippen LogP contribution >= 0.6 is 0 Å². The molecule has 2 atom stereocenters. The van der Waals surface area contributed by atoms with E-state index in [1.54, 1.807) is 0 Å². The molecule has 2 unspecified atom stereocenters. The van der Waals surface area contributed by atoms with E-state index in [9.17, 15) is 4.79 Å². The molecule has 3 heteroatoms. The fraction of sp³-hybridized carbons (Fsp3) is 0.923. The van der Waals surface area contributed by atoms with Crippen LogP contribution < -0.4 is 0 Å². The summed E-state index contributed by atoms with van der Waals surface area (Å²) < 4.78 is 11.3. The summed E-state index contributed by atoms with van der Waals surface area (Å²) in [6, 6.07) is 0. The standard InChI is InChI=1S/C13H22O3/c1-2-7-15-13-11(14)8-12(13)16-9-10-5-3-4-6-10/h10,12-13H,2-9H2,1H3. The third-order valence-electron chi connectivity index (χ3n) is 3.58. The topological polar surface area (TPSA) is 35.5 Å². The Hall–Kier alpha value is -0.410. The Morgan fingerprint density at radius 2 is 2.00 bits per heavy atom. The van der Waals surface area contributed by atoms with Crippen LogP contribution in [-0.2, 0) is 14.3 Å². The van der Waals surface area contributed by atoms with Gasteiger partial charge in [-0.15, -0.1) is 0 Å². The lowest BCUT2D eigenvalue weighted by molar-refractivity contribution is -0.167. The van der Waals surface area contributed by atoms with Crippen molar-refractivity contribution in [2.75, 3.05) is 13.2 Å². The number of ketones is 1. The zero-order valence-electron chi connectivity index (χ0n) is 10.1. The summed E-state index contributed by atoms with van der Waals surface area (Å²) in [7, 11) is 0. The Morgan fingerprint density at radius 3 is 2.62 bits per heavy atom. The molecule has 0 amide bonds. The van der Waals surface area contributed by atoms with Crippen molar-refractivity contribution >= 4 is 5.78 Å². The Labute approximate surface area is 97.5 Å². The lowest BCUT2D eigenvalue weighted by Gasteiger charge is -2.35. The van der Waals surface area contributed by atoms with Gasteiger partial charge in [0.05, 0.1) is 6.10 Å². The molecule has 0 aliphatic heterocycles. The Kier molecular flexibility index (Phi) is 4.36. The molecule has 2 rings (SSSR count). The minimum atomic E-state index is -0.263. The molecule has 16 heavy (non-hydrogen) atoms. The second kappa shape index (κ2) is 5.78. The fourth-order valence-corrected chi connectivity index (χ4v) is 2.50. The van der Waals surface area contributed by atoms with Gasteiger partial charge in [-0.2, -0.15) is 0 Å². The van der Waals surface area contributed by atoms with Crippen LogP contribution in [0.25, 0.3) is 0 Å². The molecule has 0 spiro atoms. The monoisotopic (exact) mass is 226 g/mol. The number of rotatable bonds is 6. The van der Waals surface area contributed by atoms with Gasteiger partial charge in [0, 0.05) is 19.6 Å². The number of ether oxygens (including phenoxy) is 2. The van der Waals surface area contributed by atoms with E-state index in [4.69, 9.17) is 9.47 Å². The molecule has 0 aromatic carbocycles. The lowest BCUT2D eigenvalue weighted by atomic mass is 9.89. The second-order valence-electron chi connectivity index (χ2n) is 4.98. The molecule has 92 valence electrons. The van der Waals surface area contributed by atoms with Gasteiger partial charge in [0.1, 0.15) is 6.10 Å². The van der Waals surface area contributed by atoms with Crippen molar-refractivity contribution in [3.63, 3.8) is 0 Å². The van der Waals surface area contributed by atoms with E-state index in [-0.39, 0.29) is 18.0 Å². The average molecular weight is 226 g/mol. The number of Topliss-reactive ketones (excluding diaryl/α,β-unsaturated/α-hetero) is 1. The fourth-order valence-electron chi connectivity index (χ4n) is 2.50. The van der Waals surface area contributed by atoms with E-state index < -0.39 is 0 Å². The Morgan fingerprint density at radius 1 is 1.25 bits per heavy atom. The second-order valence-corrected chi connectivity index (χ2v) is 4.98. The van der Waals surface area contributed by atoms with E-state index in [1.807, 2.05) is 0 Å². The summed E-state index contributed by atoms with van der Waals surface area (Å²) in [5.41, 5.74) is 0. The van der Waals surface area contributed by atoms with Crippen molar-refractivity contribution < 1.29 is 14.3 Å². The van der Waals surface area contributed by atoms with Crippen molar-refractivity contribution in [2.24, 2.45) is 5.92 Å². The number of carbonyl (C=O) groups excluding carboxylic acids is 1. The molecular formula is C13H22O3. The van der Waals surface area contributed by atoms with E-state index >= 15 is 0 Å². The Balaban J connectivity index is 1.66. The zero-order valence-corrected chi connectivity index (χ0v) is 10.1. The first-order valence-corrected chi connectivity index (χ1v) is 6.57. The van der Waals surface area contributed by atoms with Crippen LogP contribution in [-0.4, -0.2) is 31.2 Å². The van der Waals surface area contributed by atoms with Crippen molar-refractivity contribution in [3.8, 4) is 0 Å². The third-order valence-corrected chi connectivity index (χ3v) is 3.58. The van der Waals surface area contributed by atoms with Crippen LogP contribution in [0.1, 0.15) is 45.4 Å². The largest absolute Gasteiger partial charge is 0.374 e. The molecule has 0 aromatic rings. The molecule has 2 saturated carbocycles. The summed E-state index contributed by atoms with van der Waals surface area (Å²) in [5, 5.41) is 0. The van der Waals surface area contributed by atoms with E-state index in [1.165, 1.54) is 25.7 Å². The molecule has 0 saturated heterocycles. The average Bonchev–Trinajstić information content (AvgIpc) is 2.77. The van der Waals surface area contributed by atoms with E-state index in [2.05, 4.69) is 6.92 Å². The zero-order chi connectivity index (χ0) is 11.4. The first-order valence-electron chi connectivity index (χ1n) is 6.57. The van der Waals surface area contributed by atoms with Gasteiger partial charge < -0.3 is 9.47 Å². The van der Waals surface area contributed by atoms with Gasteiger partial charge in [0.25, 0.3) is 0 Å². The summed E-state index contributed by atoms with van der Waals surface area (Å²) in [5.74, 6) is 0.937. The minimum absolute atomic E-state index is 0.0413. The predicted octanol–water partition coefficient (Wildman–Crippen LogP) is 2.33. The molecular weight excluding hydrogens is 204 g/mol. The summed E-state index contributed by atoms with van der Waals surface area (Å²) >= 11 is 0. The maximum absolute atomic E-state index is 11.3. The summed E-state index contributed by atoms with van der Waals surface area (Å²) in [6.45, 7) is 3.54. The van der Waals surface area contributed by atoms with E-state index in [0.717, 1.165) is 18.9 Å². The molecule has 0 aromatic heterocycles. The van der Waals surface area contributed by atoms with Gasteiger partial charge >= 0.3 is 0 Å². The van der Waals surface area contributed by atoms with Crippen LogP contribution in [0.15, 0.2) is 0 Å². The van der Waals surface area contributed by atoms with Crippen LogP contribution in [0.5, 0.6) is 0 Å². The predicted molar refractivity (Wildman–Crippen MR) is 61.4 cm³/mol. The van der Waals surface area contributed by atoms with Gasteiger partial charge in [0.15, 0.2) is 5.78 Å². The van der Waals surface area contributed by atoms with E-state index in [0.29, 0.717) is 13.0 Å². The number of carbonyl (C=O) groups is 1. The van der Waals surface area contributed by atoms with Gasteiger partial charge in [-0.05, 0) is 25.2 Å². The smallest absolute Gasteiger partial charge is 0.166 e. The van der Waals surface area contributed by atoms with Crippen molar-refractivity contribution in [3.05, 3.63) is 0 Å². The van der Waals surface area contributed by atoms with Crippen molar-refractivity contribution in [1.29, 1.82) is 0 Å². The Bertz CT molecular complexity index is 233. The van der Waals surface area contributed by atoms with Crippen molar-refractivity contribution in [2.45, 2.75) is 57.7 Å². The minimum Gasteiger partial charge on any atom is -0.374 e. The van der Waals surface area contributed by atoms with Crippen LogP contribution in [0.4, 0.5) is 0 Å². The molecule has 2 aliphatic rings. The molecule has 2 aliphatic carbocycles. The summed E-state index contributed by atoms with van der Waals surface area (Å²) in [6.07, 6.45) is 6.56. The molecule has 0 N–H and O–H groups in total. The SMILES string of the molecule is CCCOC1C(=O)CC1OCC1CCCC1. The maximum Gasteiger partial charge on any atom is 0.166 e. The first kappa shape index (κ1) is 12.1. The molecule has 3 nitrogen and oxygen atoms in total. The van der Waals surface area contributed by atoms with Crippen LogP contribution in [0.3, 0.4) is 0 Å². The molecule has 0 radical (unpaired) electrons. The third kappa shape index (κ3) is 2.83. The van der Waals surface area contributed by atoms with Gasteiger partial charge in [-0.1, -0.05) is 19.8 Å². The maximum atomic E-state index is 11.3. The molecule has 0 bridgehead atoms. The number of hydrogen-bond donors (Lipinski definition) is 0. The number of hydrogen-bond acceptors (Lipinski definition) is 3. The lowest BCUT2D eigenvalue weighted by Crippen LogP contribution is -2.51. The summed E-state index contributed by atoms with van der Waals surface area (Å²) in [4.78, 5) is 11.3. The van der Waals surface area contributed by atoms with Gasteiger partial charge in [0.2, 0.25) is 0 Å². The van der Waals surface area contributed by atoms with Crippen LogP contribution in [0.2, 0.25) is 0 Å². The van der Waals surface area contributed by atoms with Crippen LogP contribution in [0, 0.1) is 5.92 Å². The normalized spacial score (nSPS) is 30.7.